The summed E-state index contributed by atoms with van der Waals surface area (Å²) >= 11 is 0. The highest BCUT2D eigenvalue weighted by Crippen LogP contribution is 1.82. The molecule has 0 bridgehead atoms. The van der Waals surface area contributed by atoms with Crippen LogP contribution < -0.4 is 5.73 Å². The van der Waals surface area contributed by atoms with Crippen molar-refractivity contribution < 1.29 is 19.8 Å². The van der Waals surface area contributed by atoms with Gasteiger partial charge < -0.3 is 15.9 Å². The summed E-state index contributed by atoms with van der Waals surface area (Å²) in [6, 6.07) is 1.72. The van der Waals surface area contributed by atoms with Crippen LogP contribution in [-0.2, 0) is 9.59 Å². The standard InChI is InChI=1S/C4H5NO2.C2H5NO2/c5-3-1-2-4(6)7;3-1-2(4)5/h1-2H2,(H,6,7);1,3H2,(H,4,5). The summed E-state index contributed by atoms with van der Waals surface area (Å²) in [5.41, 5.74) is 4.57. The first kappa shape index (κ1) is 13.0. The van der Waals surface area contributed by atoms with Crippen LogP contribution in [-0.4, -0.2) is 28.7 Å². The fourth-order valence-electron chi connectivity index (χ4n) is 0.163. The maximum atomic E-state index is 9.61. The smallest absolute Gasteiger partial charge is 0.317 e. The van der Waals surface area contributed by atoms with Crippen molar-refractivity contribution in [3.05, 3.63) is 0 Å². The third-order valence-corrected chi connectivity index (χ3v) is 0.625. The molecule has 0 saturated carbocycles. The molecular formula is C6H10N2O4. The molecule has 0 aromatic rings. The van der Waals surface area contributed by atoms with Gasteiger partial charge in [-0.25, -0.2) is 0 Å². The molecule has 0 aliphatic heterocycles. The lowest BCUT2D eigenvalue weighted by atomic mass is 10.3. The molecule has 68 valence electrons. The van der Waals surface area contributed by atoms with Crippen molar-refractivity contribution in [3.63, 3.8) is 0 Å². The second kappa shape index (κ2) is 9.39. The number of hydrogen-bond acceptors (Lipinski definition) is 4. The molecule has 0 spiro atoms. The Hall–Kier alpha value is -1.61. The van der Waals surface area contributed by atoms with Crippen molar-refractivity contribution in [3.8, 4) is 6.07 Å². The van der Waals surface area contributed by atoms with Gasteiger partial charge in [0.05, 0.1) is 19.0 Å². The van der Waals surface area contributed by atoms with E-state index < -0.39 is 11.9 Å². The highest BCUT2D eigenvalue weighted by atomic mass is 16.4. The Morgan fingerprint density at radius 2 is 1.75 bits per heavy atom. The van der Waals surface area contributed by atoms with Gasteiger partial charge in [0.25, 0.3) is 0 Å². The van der Waals surface area contributed by atoms with E-state index in [1.165, 1.54) is 0 Å². The Balaban J connectivity index is 0. The van der Waals surface area contributed by atoms with E-state index in [-0.39, 0.29) is 19.4 Å². The van der Waals surface area contributed by atoms with E-state index in [4.69, 9.17) is 15.5 Å². The maximum Gasteiger partial charge on any atom is 0.317 e. The number of rotatable bonds is 3. The number of carboxylic acid groups (broad SMARTS) is 2. The van der Waals surface area contributed by atoms with Gasteiger partial charge in [0.15, 0.2) is 0 Å². The summed E-state index contributed by atoms with van der Waals surface area (Å²) in [4.78, 5) is 18.9. The summed E-state index contributed by atoms with van der Waals surface area (Å²) in [6.45, 7) is -0.278. The van der Waals surface area contributed by atoms with Crippen LogP contribution in [0, 0.1) is 11.3 Å². The van der Waals surface area contributed by atoms with Gasteiger partial charge in [0.2, 0.25) is 0 Å². The predicted octanol–water partition coefficient (Wildman–Crippen LogP) is -0.596. The number of aliphatic carboxylic acids is 2. The van der Waals surface area contributed by atoms with Crippen LogP contribution >= 0.6 is 0 Å². The van der Waals surface area contributed by atoms with Crippen LogP contribution in [0.25, 0.3) is 0 Å². The molecule has 0 aromatic carbocycles. The molecule has 0 unspecified atom stereocenters. The molecule has 0 radical (unpaired) electrons. The molecule has 0 aliphatic carbocycles. The van der Waals surface area contributed by atoms with Crippen molar-refractivity contribution >= 4 is 11.9 Å². The molecule has 0 amide bonds. The minimum absolute atomic E-state index is 0.0451. The molecule has 4 N–H and O–H groups in total. The molecular weight excluding hydrogens is 164 g/mol. The van der Waals surface area contributed by atoms with Gasteiger partial charge in [-0.3, -0.25) is 9.59 Å². The van der Waals surface area contributed by atoms with E-state index in [0.29, 0.717) is 0 Å². The van der Waals surface area contributed by atoms with Crippen LogP contribution in [0.15, 0.2) is 0 Å². The Kier molecular flexibility index (Phi) is 10.2. The van der Waals surface area contributed by atoms with Crippen molar-refractivity contribution in [2.24, 2.45) is 5.73 Å². The monoisotopic (exact) mass is 174 g/mol. The normalized spacial score (nSPS) is 7.33. The summed E-state index contributed by atoms with van der Waals surface area (Å²) in [5, 5.41) is 23.3. The highest BCUT2D eigenvalue weighted by molar-refractivity contribution is 5.68. The summed E-state index contributed by atoms with van der Waals surface area (Å²) in [7, 11) is 0. The average molecular weight is 174 g/mol. The summed E-state index contributed by atoms with van der Waals surface area (Å²) in [5.74, 6) is -1.88. The first-order valence-corrected chi connectivity index (χ1v) is 3.05. The Morgan fingerprint density at radius 3 is 1.83 bits per heavy atom. The number of nitrogens with two attached hydrogens (primary N) is 1. The van der Waals surface area contributed by atoms with E-state index in [0.717, 1.165) is 0 Å². The average Bonchev–Trinajstić information content (AvgIpc) is 2.02. The SMILES string of the molecule is N#CCCC(=O)O.NCC(=O)O. The number of carboxylic acids is 2. The van der Waals surface area contributed by atoms with Gasteiger partial charge in [-0.2, -0.15) is 5.26 Å². The quantitative estimate of drug-likeness (QED) is 0.524. The lowest BCUT2D eigenvalue weighted by molar-refractivity contribution is -0.137. The predicted molar refractivity (Wildman–Crippen MR) is 39.2 cm³/mol. The number of carbonyl (C=O) groups is 2. The van der Waals surface area contributed by atoms with Gasteiger partial charge in [0, 0.05) is 6.42 Å². The van der Waals surface area contributed by atoms with E-state index in [2.05, 4.69) is 5.73 Å². The van der Waals surface area contributed by atoms with E-state index in [9.17, 15) is 9.59 Å². The van der Waals surface area contributed by atoms with Gasteiger partial charge in [-0.1, -0.05) is 0 Å². The number of nitriles is 1. The van der Waals surface area contributed by atoms with E-state index in [1.54, 1.807) is 6.07 Å². The fraction of sp³-hybridized carbons (Fsp3) is 0.500. The second-order valence-corrected chi connectivity index (χ2v) is 1.65. The van der Waals surface area contributed by atoms with Gasteiger partial charge in [-0.05, 0) is 0 Å². The summed E-state index contributed by atoms with van der Waals surface area (Å²) < 4.78 is 0. The van der Waals surface area contributed by atoms with Crippen LogP contribution in [0.1, 0.15) is 12.8 Å². The second-order valence-electron chi connectivity index (χ2n) is 1.65. The lowest BCUT2D eigenvalue weighted by Gasteiger charge is -1.78. The van der Waals surface area contributed by atoms with Crippen molar-refractivity contribution in [2.75, 3.05) is 6.54 Å². The van der Waals surface area contributed by atoms with Crippen LogP contribution in [0.2, 0.25) is 0 Å². The van der Waals surface area contributed by atoms with Crippen LogP contribution in [0.5, 0.6) is 0 Å². The minimum Gasteiger partial charge on any atom is -0.481 e. The third-order valence-electron chi connectivity index (χ3n) is 0.625. The first-order chi connectivity index (χ1) is 5.54. The zero-order valence-corrected chi connectivity index (χ0v) is 6.36. The Bertz CT molecular complexity index is 184. The van der Waals surface area contributed by atoms with E-state index in [1.807, 2.05) is 0 Å². The van der Waals surface area contributed by atoms with Crippen molar-refractivity contribution in [2.45, 2.75) is 12.8 Å². The fourth-order valence-corrected chi connectivity index (χ4v) is 0.163. The molecule has 0 rings (SSSR count). The zero-order chi connectivity index (χ0) is 9.98. The van der Waals surface area contributed by atoms with E-state index >= 15 is 0 Å². The topological polar surface area (TPSA) is 124 Å². The molecule has 0 fully saturated rings. The highest BCUT2D eigenvalue weighted by Gasteiger charge is 1.91. The zero-order valence-electron chi connectivity index (χ0n) is 6.36. The van der Waals surface area contributed by atoms with Gasteiger partial charge in [0.1, 0.15) is 0 Å². The number of hydrogen-bond donors (Lipinski definition) is 3. The minimum atomic E-state index is -0.968. The first-order valence-electron chi connectivity index (χ1n) is 3.05. The third kappa shape index (κ3) is 23.8. The Morgan fingerprint density at radius 1 is 1.33 bits per heavy atom. The van der Waals surface area contributed by atoms with Crippen molar-refractivity contribution in [1.82, 2.24) is 0 Å². The molecule has 12 heavy (non-hydrogen) atoms. The molecule has 6 heteroatoms. The van der Waals surface area contributed by atoms with Gasteiger partial charge >= 0.3 is 11.9 Å². The molecule has 6 nitrogen and oxygen atoms in total. The maximum absolute atomic E-state index is 9.61. The molecule has 0 saturated heterocycles. The lowest BCUT2D eigenvalue weighted by Crippen LogP contribution is -2.10. The van der Waals surface area contributed by atoms with Crippen molar-refractivity contribution in [1.29, 1.82) is 5.26 Å². The number of nitrogens with zero attached hydrogens (tertiary/aromatic N) is 1. The van der Waals surface area contributed by atoms with Crippen LogP contribution in [0.3, 0.4) is 0 Å². The van der Waals surface area contributed by atoms with Gasteiger partial charge in [-0.15, -0.1) is 0 Å². The summed E-state index contributed by atoms with van der Waals surface area (Å²) in [6.07, 6.45) is 0.0613. The molecule has 0 aromatic heterocycles. The molecule has 0 heterocycles. The largest absolute Gasteiger partial charge is 0.481 e. The molecule has 0 atom stereocenters. The molecule has 0 aliphatic rings. The van der Waals surface area contributed by atoms with Crippen LogP contribution in [0.4, 0.5) is 0 Å². The Labute approximate surface area is 69.2 Å².